The Morgan fingerprint density at radius 2 is 1.57 bits per heavy atom. The van der Waals surface area contributed by atoms with Crippen molar-refractivity contribution < 1.29 is 23.7 Å². The summed E-state index contributed by atoms with van der Waals surface area (Å²) >= 11 is 13.4. The number of nitrogens with one attached hydrogen (secondary N) is 1. The van der Waals surface area contributed by atoms with Gasteiger partial charge in [-0.25, -0.2) is 4.79 Å². The molecule has 0 atom stereocenters. The van der Waals surface area contributed by atoms with Crippen LogP contribution in [0.25, 0.3) is 10.4 Å². The first kappa shape index (κ1) is 22.1. The van der Waals surface area contributed by atoms with Crippen molar-refractivity contribution in [2.45, 2.75) is 0 Å². The molecule has 1 aromatic heterocycles. The van der Waals surface area contributed by atoms with Gasteiger partial charge in [-0.15, -0.1) is 11.3 Å². The Hall–Kier alpha value is -2.61. The molecule has 1 N–H and O–H groups in total. The quantitative estimate of drug-likeness (QED) is 0.412. The van der Waals surface area contributed by atoms with Gasteiger partial charge in [0.2, 0.25) is 5.75 Å². The molecule has 3 rings (SSSR count). The molecule has 2 aromatic carbocycles. The van der Waals surface area contributed by atoms with Crippen LogP contribution in [0.5, 0.6) is 17.2 Å². The third kappa shape index (κ3) is 4.43. The molecule has 0 spiro atoms. The number of carbonyl (C=O) groups excluding carboxylic acids is 1. The molecule has 0 radical (unpaired) electrons. The smallest absolute Gasteiger partial charge is 0.350 e. The third-order valence-electron chi connectivity index (χ3n) is 4.25. The Morgan fingerprint density at radius 3 is 2.10 bits per heavy atom. The standard InChI is InChI=1S/C21H19Cl2NO5S/c1-26-16-8-12(9-17(27-2)19(16)28-3)24-15-10-18(30-20(15)21(25)29-4)11-5-6-13(22)14(23)7-11/h5-10,24H,1-4H3. The molecule has 0 amide bonds. The minimum atomic E-state index is -0.457. The SMILES string of the molecule is COC(=O)c1sc(-c2ccc(Cl)c(Cl)c2)cc1Nc1cc(OC)c(OC)c(OC)c1. The molecule has 9 heteroatoms. The van der Waals surface area contributed by atoms with Gasteiger partial charge in [0, 0.05) is 22.7 Å². The second-order valence-electron chi connectivity index (χ2n) is 6.01. The van der Waals surface area contributed by atoms with Gasteiger partial charge < -0.3 is 24.3 Å². The van der Waals surface area contributed by atoms with E-state index < -0.39 is 5.97 Å². The summed E-state index contributed by atoms with van der Waals surface area (Å²) < 4.78 is 21.1. The molecule has 0 aliphatic carbocycles. The van der Waals surface area contributed by atoms with E-state index in [0.29, 0.717) is 43.5 Å². The number of hydrogen-bond donors (Lipinski definition) is 1. The maximum Gasteiger partial charge on any atom is 0.350 e. The fourth-order valence-corrected chi connectivity index (χ4v) is 4.15. The van der Waals surface area contributed by atoms with Crippen molar-refractivity contribution in [2.75, 3.05) is 33.8 Å². The number of hydrogen-bond acceptors (Lipinski definition) is 7. The van der Waals surface area contributed by atoms with E-state index in [9.17, 15) is 4.79 Å². The van der Waals surface area contributed by atoms with Crippen molar-refractivity contribution in [3.8, 4) is 27.7 Å². The van der Waals surface area contributed by atoms with E-state index in [4.69, 9.17) is 42.1 Å². The molecule has 0 bridgehead atoms. The van der Waals surface area contributed by atoms with Crippen molar-refractivity contribution in [3.05, 3.63) is 51.3 Å². The number of methoxy groups -OCH3 is 4. The lowest BCUT2D eigenvalue weighted by Crippen LogP contribution is -2.03. The number of anilines is 2. The molecule has 0 aliphatic rings. The van der Waals surface area contributed by atoms with Crippen LogP contribution in [-0.4, -0.2) is 34.4 Å². The van der Waals surface area contributed by atoms with E-state index in [2.05, 4.69) is 5.32 Å². The molecule has 0 aliphatic heterocycles. The normalized spacial score (nSPS) is 10.5. The Labute approximate surface area is 188 Å². The summed E-state index contributed by atoms with van der Waals surface area (Å²) in [6.45, 7) is 0. The van der Waals surface area contributed by atoms with Crippen molar-refractivity contribution in [3.63, 3.8) is 0 Å². The first-order chi connectivity index (χ1) is 14.4. The van der Waals surface area contributed by atoms with Gasteiger partial charge in [0.1, 0.15) is 4.88 Å². The monoisotopic (exact) mass is 467 g/mol. The number of benzene rings is 2. The van der Waals surface area contributed by atoms with Gasteiger partial charge in [-0.3, -0.25) is 0 Å². The third-order valence-corrected chi connectivity index (χ3v) is 6.15. The number of thiophene rings is 1. The Morgan fingerprint density at radius 1 is 0.900 bits per heavy atom. The molecule has 3 aromatic rings. The zero-order chi connectivity index (χ0) is 21.8. The summed E-state index contributed by atoms with van der Waals surface area (Å²) in [6, 6.07) is 10.6. The van der Waals surface area contributed by atoms with Gasteiger partial charge in [-0.1, -0.05) is 29.3 Å². The minimum absolute atomic E-state index is 0.410. The summed E-state index contributed by atoms with van der Waals surface area (Å²) in [7, 11) is 5.94. The van der Waals surface area contributed by atoms with Crippen LogP contribution in [0, 0.1) is 0 Å². The van der Waals surface area contributed by atoms with E-state index in [0.717, 1.165) is 10.4 Å². The number of ether oxygens (including phenoxy) is 4. The summed E-state index contributed by atoms with van der Waals surface area (Å²) in [6.07, 6.45) is 0. The predicted octanol–water partition coefficient (Wildman–Crippen LogP) is 6.28. The molecule has 0 saturated heterocycles. The minimum Gasteiger partial charge on any atom is -0.493 e. The van der Waals surface area contributed by atoms with E-state index >= 15 is 0 Å². The summed E-state index contributed by atoms with van der Waals surface area (Å²) in [5.74, 6) is 0.986. The van der Waals surface area contributed by atoms with Gasteiger partial charge in [0.05, 0.1) is 44.2 Å². The maximum atomic E-state index is 12.4. The van der Waals surface area contributed by atoms with Crippen LogP contribution in [0.4, 0.5) is 11.4 Å². The number of carbonyl (C=O) groups is 1. The van der Waals surface area contributed by atoms with Crippen molar-refractivity contribution >= 4 is 51.9 Å². The highest BCUT2D eigenvalue weighted by molar-refractivity contribution is 7.18. The molecule has 0 fully saturated rings. The van der Waals surface area contributed by atoms with Gasteiger partial charge >= 0.3 is 5.97 Å². The van der Waals surface area contributed by atoms with Crippen LogP contribution in [0.1, 0.15) is 9.67 Å². The van der Waals surface area contributed by atoms with Crippen LogP contribution in [0.15, 0.2) is 36.4 Å². The predicted molar refractivity (Wildman–Crippen MR) is 120 cm³/mol. The van der Waals surface area contributed by atoms with E-state index in [-0.39, 0.29) is 0 Å². The second kappa shape index (κ2) is 9.47. The number of halogens is 2. The van der Waals surface area contributed by atoms with Crippen LogP contribution >= 0.6 is 34.5 Å². The van der Waals surface area contributed by atoms with Gasteiger partial charge in [0.25, 0.3) is 0 Å². The molecule has 158 valence electrons. The van der Waals surface area contributed by atoms with Crippen molar-refractivity contribution in [2.24, 2.45) is 0 Å². The largest absolute Gasteiger partial charge is 0.493 e. The zero-order valence-corrected chi connectivity index (χ0v) is 19.0. The fourth-order valence-electron chi connectivity index (χ4n) is 2.83. The summed E-state index contributed by atoms with van der Waals surface area (Å²) in [4.78, 5) is 13.6. The van der Waals surface area contributed by atoms with Gasteiger partial charge in [0.15, 0.2) is 11.5 Å². The van der Waals surface area contributed by atoms with E-state index in [1.165, 1.54) is 39.8 Å². The Bertz CT molecular complexity index is 1060. The molecule has 30 heavy (non-hydrogen) atoms. The first-order valence-corrected chi connectivity index (χ1v) is 10.2. The lowest BCUT2D eigenvalue weighted by molar-refractivity contribution is 0.0607. The zero-order valence-electron chi connectivity index (χ0n) is 16.7. The highest BCUT2D eigenvalue weighted by Gasteiger charge is 2.20. The second-order valence-corrected chi connectivity index (χ2v) is 7.88. The maximum absolute atomic E-state index is 12.4. The van der Waals surface area contributed by atoms with E-state index in [1.54, 1.807) is 24.3 Å². The number of rotatable bonds is 7. The highest BCUT2D eigenvalue weighted by atomic mass is 35.5. The average molecular weight is 468 g/mol. The first-order valence-electron chi connectivity index (χ1n) is 8.66. The Balaban J connectivity index is 2.06. The lowest BCUT2D eigenvalue weighted by atomic mass is 10.2. The fraction of sp³-hybridized carbons (Fsp3) is 0.190. The highest BCUT2D eigenvalue weighted by Crippen LogP contribution is 2.43. The number of esters is 1. The Kier molecular flexibility index (Phi) is 6.97. The topological polar surface area (TPSA) is 66.0 Å². The molecule has 0 saturated carbocycles. The summed E-state index contributed by atoms with van der Waals surface area (Å²) in [5.41, 5.74) is 2.05. The van der Waals surface area contributed by atoms with Crippen LogP contribution < -0.4 is 19.5 Å². The van der Waals surface area contributed by atoms with Crippen LogP contribution in [0.3, 0.4) is 0 Å². The van der Waals surface area contributed by atoms with Crippen LogP contribution in [-0.2, 0) is 4.74 Å². The average Bonchev–Trinajstić information content (AvgIpc) is 3.17. The molecule has 1 heterocycles. The molecule has 6 nitrogen and oxygen atoms in total. The molecule has 0 unspecified atom stereocenters. The molecular formula is C21H19Cl2NO5S. The summed E-state index contributed by atoms with van der Waals surface area (Å²) in [5, 5.41) is 4.13. The van der Waals surface area contributed by atoms with Gasteiger partial charge in [-0.2, -0.15) is 0 Å². The van der Waals surface area contributed by atoms with Gasteiger partial charge in [-0.05, 0) is 23.8 Å². The van der Waals surface area contributed by atoms with E-state index in [1.807, 2.05) is 12.1 Å². The molecular weight excluding hydrogens is 449 g/mol. The van der Waals surface area contributed by atoms with Crippen molar-refractivity contribution in [1.29, 1.82) is 0 Å². The lowest BCUT2D eigenvalue weighted by Gasteiger charge is -2.15. The van der Waals surface area contributed by atoms with Crippen molar-refractivity contribution in [1.82, 2.24) is 0 Å². The van der Waals surface area contributed by atoms with Crippen LogP contribution in [0.2, 0.25) is 10.0 Å².